The summed E-state index contributed by atoms with van der Waals surface area (Å²) in [5, 5.41) is 14.7. The SMILES string of the molecule is Cc1c(Cl)c([N+](=O)[O-])nn1CC(=O)N1CCN(Cc2ccccc2F)CC1. The van der Waals surface area contributed by atoms with E-state index in [9.17, 15) is 19.3 Å². The van der Waals surface area contributed by atoms with Crippen LogP contribution in [-0.2, 0) is 17.9 Å². The van der Waals surface area contributed by atoms with Gasteiger partial charge in [-0.3, -0.25) is 9.69 Å². The maximum Gasteiger partial charge on any atom is 0.408 e. The normalized spacial score (nSPS) is 15.1. The largest absolute Gasteiger partial charge is 0.408 e. The Morgan fingerprint density at radius 1 is 1.30 bits per heavy atom. The predicted molar refractivity (Wildman–Crippen MR) is 96.9 cm³/mol. The van der Waals surface area contributed by atoms with E-state index in [0.29, 0.717) is 44.0 Å². The molecule has 2 aromatic rings. The van der Waals surface area contributed by atoms with Gasteiger partial charge in [0.2, 0.25) is 5.91 Å². The zero-order chi connectivity index (χ0) is 19.6. The number of piperazine rings is 1. The first-order valence-electron chi connectivity index (χ1n) is 8.47. The van der Waals surface area contributed by atoms with Gasteiger partial charge in [0.25, 0.3) is 0 Å². The van der Waals surface area contributed by atoms with E-state index >= 15 is 0 Å². The summed E-state index contributed by atoms with van der Waals surface area (Å²) in [6.07, 6.45) is 0. The lowest BCUT2D eigenvalue weighted by molar-refractivity contribution is -0.389. The highest BCUT2D eigenvalue weighted by Gasteiger charge is 2.27. The molecule has 10 heteroatoms. The third-order valence-electron chi connectivity index (χ3n) is 4.65. The van der Waals surface area contributed by atoms with Crippen LogP contribution in [0.15, 0.2) is 24.3 Å². The van der Waals surface area contributed by atoms with Crippen molar-refractivity contribution < 1.29 is 14.1 Å². The second kappa shape index (κ2) is 8.01. The number of amides is 1. The topological polar surface area (TPSA) is 84.5 Å². The quantitative estimate of drug-likeness (QED) is 0.572. The van der Waals surface area contributed by atoms with E-state index in [1.54, 1.807) is 30.0 Å². The molecule has 1 fully saturated rings. The van der Waals surface area contributed by atoms with Crippen LogP contribution >= 0.6 is 11.6 Å². The van der Waals surface area contributed by atoms with E-state index in [-0.39, 0.29) is 23.3 Å². The van der Waals surface area contributed by atoms with Crippen LogP contribution in [0.3, 0.4) is 0 Å². The minimum atomic E-state index is -0.669. The van der Waals surface area contributed by atoms with Gasteiger partial charge in [-0.1, -0.05) is 29.8 Å². The lowest BCUT2D eigenvalue weighted by Gasteiger charge is -2.34. The van der Waals surface area contributed by atoms with E-state index in [0.717, 1.165) is 0 Å². The summed E-state index contributed by atoms with van der Waals surface area (Å²) < 4.78 is 15.0. The maximum absolute atomic E-state index is 13.8. The van der Waals surface area contributed by atoms with Crippen LogP contribution in [0, 0.1) is 22.9 Å². The van der Waals surface area contributed by atoms with Crippen LogP contribution < -0.4 is 0 Å². The molecule has 1 aromatic heterocycles. The minimum Gasteiger partial charge on any atom is -0.358 e. The molecule has 0 radical (unpaired) electrons. The fraction of sp³-hybridized carbons (Fsp3) is 0.412. The predicted octanol–water partition coefficient (Wildman–Crippen LogP) is 2.24. The first kappa shape index (κ1) is 19.2. The first-order chi connectivity index (χ1) is 12.9. The Labute approximate surface area is 160 Å². The van der Waals surface area contributed by atoms with E-state index < -0.39 is 10.7 Å². The van der Waals surface area contributed by atoms with Gasteiger partial charge in [-0.25, -0.2) is 4.39 Å². The van der Waals surface area contributed by atoms with E-state index in [1.807, 2.05) is 0 Å². The van der Waals surface area contributed by atoms with Gasteiger partial charge in [-0.15, -0.1) is 0 Å². The van der Waals surface area contributed by atoms with Crippen molar-refractivity contribution in [2.45, 2.75) is 20.0 Å². The molecule has 0 atom stereocenters. The number of hydrogen-bond donors (Lipinski definition) is 0. The van der Waals surface area contributed by atoms with E-state index in [4.69, 9.17) is 11.6 Å². The third-order valence-corrected chi connectivity index (χ3v) is 5.09. The molecule has 27 heavy (non-hydrogen) atoms. The summed E-state index contributed by atoms with van der Waals surface area (Å²) in [6.45, 7) is 4.23. The molecule has 0 aliphatic carbocycles. The number of aromatic nitrogens is 2. The molecule has 2 heterocycles. The fourth-order valence-electron chi connectivity index (χ4n) is 3.03. The van der Waals surface area contributed by atoms with Gasteiger partial charge in [0.15, 0.2) is 5.02 Å². The molecule has 0 saturated carbocycles. The van der Waals surface area contributed by atoms with Crippen molar-refractivity contribution in [3.05, 3.63) is 56.5 Å². The Morgan fingerprint density at radius 2 is 1.96 bits per heavy atom. The summed E-state index contributed by atoms with van der Waals surface area (Å²) in [5.41, 5.74) is 1.02. The molecule has 1 aliphatic heterocycles. The number of halogens is 2. The average Bonchev–Trinajstić information content (AvgIpc) is 2.93. The molecule has 1 aromatic carbocycles. The summed E-state index contributed by atoms with van der Waals surface area (Å²) in [7, 11) is 0. The van der Waals surface area contributed by atoms with Crippen LogP contribution in [0.4, 0.5) is 10.2 Å². The maximum atomic E-state index is 13.8. The molecule has 8 nitrogen and oxygen atoms in total. The van der Waals surface area contributed by atoms with Crippen LogP contribution in [-0.4, -0.2) is 56.6 Å². The highest BCUT2D eigenvalue weighted by Crippen LogP contribution is 2.26. The molecule has 0 bridgehead atoms. The lowest BCUT2D eigenvalue weighted by Crippen LogP contribution is -2.49. The zero-order valence-electron chi connectivity index (χ0n) is 14.8. The molecule has 1 saturated heterocycles. The average molecular weight is 396 g/mol. The first-order valence-corrected chi connectivity index (χ1v) is 8.85. The van der Waals surface area contributed by atoms with Gasteiger partial charge in [-0.05, 0) is 17.9 Å². The van der Waals surface area contributed by atoms with Gasteiger partial charge in [0, 0.05) is 38.3 Å². The van der Waals surface area contributed by atoms with Gasteiger partial charge in [-0.2, -0.15) is 4.68 Å². The van der Waals surface area contributed by atoms with Gasteiger partial charge >= 0.3 is 5.82 Å². The van der Waals surface area contributed by atoms with Crippen molar-refractivity contribution >= 4 is 23.3 Å². The van der Waals surface area contributed by atoms with Gasteiger partial charge in [0.1, 0.15) is 12.4 Å². The molecule has 3 rings (SSSR count). The summed E-state index contributed by atoms with van der Waals surface area (Å²) in [5.74, 6) is -0.863. The van der Waals surface area contributed by atoms with Crippen LogP contribution in [0.25, 0.3) is 0 Å². The number of carbonyl (C=O) groups is 1. The van der Waals surface area contributed by atoms with Crippen LogP contribution in [0.5, 0.6) is 0 Å². The summed E-state index contributed by atoms with van der Waals surface area (Å²) in [6, 6.07) is 6.65. The van der Waals surface area contributed by atoms with Crippen LogP contribution in [0.1, 0.15) is 11.3 Å². The monoisotopic (exact) mass is 395 g/mol. The molecule has 0 unspecified atom stereocenters. The highest BCUT2D eigenvalue weighted by molar-refractivity contribution is 6.33. The second-order valence-corrected chi connectivity index (χ2v) is 6.76. The molecule has 0 spiro atoms. The number of hydrogen-bond acceptors (Lipinski definition) is 5. The van der Waals surface area contributed by atoms with Crippen molar-refractivity contribution in [1.82, 2.24) is 19.6 Å². The summed E-state index contributed by atoms with van der Waals surface area (Å²) >= 11 is 5.90. The standard InChI is InChI=1S/C17H19ClFN5O3/c1-12-16(18)17(24(26)27)20-23(12)11-15(25)22-8-6-21(7-9-22)10-13-4-2-3-5-14(13)19/h2-5H,6-11H2,1H3. The molecule has 1 aliphatic rings. The van der Waals surface area contributed by atoms with Crippen molar-refractivity contribution in [3.8, 4) is 0 Å². The van der Waals surface area contributed by atoms with E-state index in [1.165, 1.54) is 10.7 Å². The molecule has 0 N–H and O–H groups in total. The van der Waals surface area contributed by atoms with Crippen molar-refractivity contribution in [3.63, 3.8) is 0 Å². The molecule has 144 valence electrons. The Kier molecular flexibility index (Phi) is 5.71. The third kappa shape index (κ3) is 4.25. The summed E-state index contributed by atoms with van der Waals surface area (Å²) in [4.78, 5) is 26.5. The van der Waals surface area contributed by atoms with E-state index in [2.05, 4.69) is 10.00 Å². The van der Waals surface area contributed by atoms with Crippen molar-refractivity contribution in [2.75, 3.05) is 26.2 Å². The van der Waals surface area contributed by atoms with Gasteiger partial charge in [0.05, 0.1) is 10.8 Å². The Balaban J connectivity index is 1.57. The number of benzene rings is 1. The number of nitrogens with zero attached hydrogens (tertiary/aromatic N) is 5. The Bertz CT molecular complexity index is 864. The smallest absolute Gasteiger partial charge is 0.358 e. The Hall–Kier alpha value is -2.52. The number of rotatable bonds is 5. The number of carbonyl (C=O) groups excluding carboxylic acids is 1. The minimum absolute atomic E-state index is 0.0532. The highest BCUT2D eigenvalue weighted by atomic mass is 35.5. The molecular formula is C17H19ClFN5O3. The molecule has 1 amide bonds. The van der Waals surface area contributed by atoms with Crippen molar-refractivity contribution in [2.24, 2.45) is 0 Å². The lowest BCUT2D eigenvalue weighted by atomic mass is 10.2. The second-order valence-electron chi connectivity index (χ2n) is 6.39. The van der Waals surface area contributed by atoms with Crippen molar-refractivity contribution in [1.29, 1.82) is 0 Å². The fourth-order valence-corrected chi connectivity index (χ4v) is 3.23. The van der Waals surface area contributed by atoms with Gasteiger partial charge < -0.3 is 15.0 Å². The molecular weight excluding hydrogens is 377 g/mol. The number of nitro groups is 1. The zero-order valence-corrected chi connectivity index (χ0v) is 15.5. The van der Waals surface area contributed by atoms with Crippen LogP contribution in [0.2, 0.25) is 5.02 Å². The Morgan fingerprint density at radius 3 is 2.56 bits per heavy atom.